The van der Waals surface area contributed by atoms with Crippen molar-refractivity contribution >= 4 is 49.0 Å². The maximum Gasteiger partial charge on any atom is 0.341 e. The molecule has 0 unspecified atom stereocenters. The van der Waals surface area contributed by atoms with Crippen molar-refractivity contribution in [2.24, 2.45) is 0 Å². The molecule has 5 rings (SSSR count). The van der Waals surface area contributed by atoms with Crippen LogP contribution in [0.15, 0.2) is 12.1 Å². The van der Waals surface area contributed by atoms with Crippen molar-refractivity contribution in [3.63, 3.8) is 0 Å². The number of aryl methyl sites for hydroxylation is 1. The first kappa shape index (κ1) is 16.8. The molecule has 6 nitrogen and oxygen atoms in total. The minimum Gasteiger partial charge on any atom is -0.462 e. The van der Waals surface area contributed by atoms with E-state index < -0.39 is 0 Å². The molecule has 0 radical (unpaired) electrons. The van der Waals surface area contributed by atoms with E-state index in [4.69, 9.17) is 14.2 Å². The second-order valence-electron chi connectivity index (χ2n) is 6.45. The van der Waals surface area contributed by atoms with Gasteiger partial charge < -0.3 is 19.5 Å². The molecule has 0 saturated carbocycles. The summed E-state index contributed by atoms with van der Waals surface area (Å²) in [5.74, 6) is 1.22. The van der Waals surface area contributed by atoms with E-state index in [1.165, 1.54) is 22.6 Å². The fourth-order valence-corrected chi connectivity index (χ4v) is 5.76. The monoisotopic (exact) mass is 402 g/mol. The van der Waals surface area contributed by atoms with E-state index in [9.17, 15) is 4.79 Å². The van der Waals surface area contributed by atoms with Gasteiger partial charge in [-0.15, -0.1) is 11.3 Å². The van der Waals surface area contributed by atoms with Crippen LogP contribution in [0.3, 0.4) is 0 Å². The Hall–Kier alpha value is -2.32. The van der Waals surface area contributed by atoms with E-state index in [0.29, 0.717) is 12.2 Å². The van der Waals surface area contributed by atoms with Crippen molar-refractivity contribution in [3.8, 4) is 11.5 Å². The van der Waals surface area contributed by atoms with Crippen LogP contribution in [-0.4, -0.2) is 24.4 Å². The molecule has 140 valence electrons. The topological polar surface area (TPSA) is 69.7 Å². The summed E-state index contributed by atoms with van der Waals surface area (Å²) in [6, 6.07) is 3.84. The average molecular weight is 402 g/mol. The first-order valence-corrected chi connectivity index (χ1v) is 10.6. The largest absolute Gasteiger partial charge is 0.462 e. The number of hydrogen-bond acceptors (Lipinski definition) is 8. The molecular weight excluding hydrogens is 384 g/mol. The van der Waals surface area contributed by atoms with Crippen LogP contribution in [0.1, 0.15) is 40.6 Å². The van der Waals surface area contributed by atoms with Gasteiger partial charge in [-0.05, 0) is 38.2 Å². The van der Waals surface area contributed by atoms with Gasteiger partial charge in [0, 0.05) is 17.0 Å². The highest BCUT2D eigenvalue weighted by atomic mass is 32.1. The fraction of sp³-hybridized carbons (Fsp3) is 0.368. The van der Waals surface area contributed by atoms with Gasteiger partial charge in [-0.25, -0.2) is 9.78 Å². The normalized spacial score (nSPS) is 15.0. The Bertz CT molecular complexity index is 999. The number of thiophene rings is 1. The molecule has 27 heavy (non-hydrogen) atoms. The number of anilines is 2. The van der Waals surface area contributed by atoms with Crippen molar-refractivity contribution in [1.29, 1.82) is 0 Å². The number of carbonyl (C=O) groups excluding carboxylic acids is 1. The molecule has 1 aliphatic heterocycles. The molecule has 2 aliphatic rings. The van der Waals surface area contributed by atoms with E-state index in [1.807, 2.05) is 19.1 Å². The van der Waals surface area contributed by atoms with Crippen LogP contribution in [0.5, 0.6) is 11.5 Å². The Balaban J connectivity index is 1.52. The second kappa shape index (κ2) is 6.69. The number of benzene rings is 1. The highest BCUT2D eigenvalue weighted by Gasteiger charge is 2.27. The summed E-state index contributed by atoms with van der Waals surface area (Å²) in [7, 11) is 0. The smallest absolute Gasteiger partial charge is 0.341 e. The predicted octanol–water partition coefficient (Wildman–Crippen LogP) is 4.89. The SMILES string of the molecule is CCOC(=O)c1c(Nc2nc3cc4c(cc3s2)OCO4)sc2c1CCCC2. The molecule has 1 aromatic carbocycles. The third kappa shape index (κ3) is 2.93. The van der Waals surface area contributed by atoms with Crippen molar-refractivity contribution in [2.45, 2.75) is 32.6 Å². The van der Waals surface area contributed by atoms with Crippen LogP contribution in [0.2, 0.25) is 0 Å². The maximum atomic E-state index is 12.6. The zero-order valence-corrected chi connectivity index (χ0v) is 16.4. The Labute approximate surface area is 164 Å². The number of ether oxygens (including phenoxy) is 3. The molecular formula is C19H18N2O4S2. The summed E-state index contributed by atoms with van der Waals surface area (Å²) in [4.78, 5) is 18.5. The molecule has 1 N–H and O–H groups in total. The first-order chi connectivity index (χ1) is 13.2. The molecule has 0 spiro atoms. The number of fused-ring (bicyclic) bond motifs is 3. The standard InChI is InChI=1S/C19H18N2O4S2/c1-2-23-18(22)16-10-5-3-4-6-14(10)26-17(16)21-19-20-11-7-12-13(25-9-24-12)8-15(11)27-19/h7-8H,2-6,9H2,1H3,(H,20,21). The Morgan fingerprint density at radius 2 is 2.04 bits per heavy atom. The van der Waals surface area contributed by atoms with Crippen LogP contribution in [0, 0.1) is 0 Å². The lowest BCUT2D eigenvalue weighted by Gasteiger charge is -2.12. The minimum absolute atomic E-state index is 0.249. The summed E-state index contributed by atoms with van der Waals surface area (Å²) < 4.78 is 17.2. The van der Waals surface area contributed by atoms with Gasteiger partial charge in [0.25, 0.3) is 0 Å². The highest BCUT2D eigenvalue weighted by Crippen LogP contribution is 2.43. The van der Waals surface area contributed by atoms with Crippen molar-refractivity contribution in [1.82, 2.24) is 4.98 Å². The van der Waals surface area contributed by atoms with Crippen molar-refractivity contribution < 1.29 is 19.0 Å². The molecule has 0 fully saturated rings. The molecule has 3 aromatic rings. The van der Waals surface area contributed by atoms with Gasteiger partial charge in [0.15, 0.2) is 16.6 Å². The van der Waals surface area contributed by atoms with E-state index in [2.05, 4.69) is 10.3 Å². The van der Waals surface area contributed by atoms with Crippen LogP contribution in [0.4, 0.5) is 10.1 Å². The molecule has 0 bridgehead atoms. The van der Waals surface area contributed by atoms with Crippen molar-refractivity contribution in [2.75, 3.05) is 18.7 Å². The van der Waals surface area contributed by atoms with Gasteiger partial charge in [0.05, 0.1) is 22.4 Å². The summed E-state index contributed by atoms with van der Waals surface area (Å²) in [6.45, 7) is 2.46. The van der Waals surface area contributed by atoms with Gasteiger partial charge in [0.1, 0.15) is 5.00 Å². The molecule has 0 amide bonds. The number of nitrogens with one attached hydrogen (secondary N) is 1. The van der Waals surface area contributed by atoms with E-state index in [1.54, 1.807) is 11.3 Å². The van der Waals surface area contributed by atoms with Crippen LogP contribution < -0.4 is 14.8 Å². The lowest BCUT2D eigenvalue weighted by molar-refractivity contribution is 0.0526. The number of thiazole rings is 1. The Morgan fingerprint density at radius 1 is 1.22 bits per heavy atom. The van der Waals surface area contributed by atoms with E-state index in [-0.39, 0.29) is 12.8 Å². The molecule has 0 atom stereocenters. The lowest BCUT2D eigenvalue weighted by atomic mass is 9.95. The Kier molecular flexibility index (Phi) is 4.17. The molecule has 3 heterocycles. The van der Waals surface area contributed by atoms with Gasteiger partial charge >= 0.3 is 5.97 Å². The number of nitrogens with zero attached hydrogens (tertiary/aromatic N) is 1. The molecule has 1 aliphatic carbocycles. The third-order valence-corrected chi connectivity index (χ3v) is 6.89. The number of esters is 1. The molecule has 8 heteroatoms. The second-order valence-corrected chi connectivity index (χ2v) is 8.59. The summed E-state index contributed by atoms with van der Waals surface area (Å²) in [5.41, 5.74) is 2.69. The zero-order chi connectivity index (χ0) is 18.4. The first-order valence-electron chi connectivity index (χ1n) is 9.02. The lowest BCUT2D eigenvalue weighted by Crippen LogP contribution is -2.10. The fourth-order valence-electron chi connectivity index (χ4n) is 3.54. The predicted molar refractivity (Wildman–Crippen MR) is 106 cm³/mol. The Morgan fingerprint density at radius 3 is 2.89 bits per heavy atom. The van der Waals surface area contributed by atoms with Crippen molar-refractivity contribution in [3.05, 3.63) is 28.1 Å². The number of carbonyl (C=O) groups is 1. The maximum absolute atomic E-state index is 12.6. The summed E-state index contributed by atoms with van der Waals surface area (Å²) in [5, 5.41) is 4.96. The van der Waals surface area contributed by atoms with Crippen LogP contribution in [-0.2, 0) is 17.6 Å². The minimum atomic E-state index is -0.249. The highest BCUT2D eigenvalue weighted by molar-refractivity contribution is 7.23. The van der Waals surface area contributed by atoms with Gasteiger partial charge in [0.2, 0.25) is 6.79 Å². The number of rotatable bonds is 4. The van der Waals surface area contributed by atoms with Gasteiger partial charge in [-0.2, -0.15) is 0 Å². The average Bonchev–Trinajstić information content (AvgIpc) is 3.34. The summed E-state index contributed by atoms with van der Waals surface area (Å²) >= 11 is 3.18. The molecule has 0 saturated heterocycles. The van der Waals surface area contributed by atoms with E-state index in [0.717, 1.165) is 56.7 Å². The number of hydrogen-bond donors (Lipinski definition) is 1. The van der Waals surface area contributed by atoms with E-state index >= 15 is 0 Å². The van der Waals surface area contributed by atoms with Crippen LogP contribution in [0.25, 0.3) is 10.2 Å². The quantitative estimate of drug-likeness (QED) is 0.627. The molecule has 2 aromatic heterocycles. The van der Waals surface area contributed by atoms with Crippen LogP contribution >= 0.6 is 22.7 Å². The third-order valence-electron chi connectivity index (χ3n) is 4.75. The van der Waals surface area contributed by atoms with Gasteiger partial charge in [-0.1, -0.05) is 11.3 Å². The number of aromatic nitrogens is 1. The van der Waals surface area contributed by atoms with Gasteiger partial charge in [-0.3, -0.25) is 0 Å². The zero-order valence-electron chi connectivity index (χ0n) is 14.8. The summed E-state index contributed by atoms with van der Waals surface area (Å²) in [6.07, 6.45) is 4.24.